The van der Waals surface area contributed by atoms with Crippen molar-refractivity contribution in [3.8, 4) is 0 Å². The van der Waals surface area contributed by atoms with Gasteiger partial charge in [0.1, 0.15) is 6.61 Å². The number of amides is 2. The van der Waals surface area contributed by atoms with Crippen LogP contribution in [0.15, 0.2) is 24.3 Å². The molecule has 0 saturated carbocycles. The Hall–Kier alpha value is -2.19. The lowest BCUT2D eigenvalue weighted by Gasteiger charge is -2.45. The van der Waals surface area contributed by atoms with E-state index in [4.69, 9.17) is 9.16 Å². The van der Waals surface area contributed by atoms with Gasteiger partial charge < -0.3 is 14.5 Å². The molecule has 30 heavy (non-hydrogen) atoms. The lowest BCUT2D eigenvalue weighted by Crippen LogP contribution is -2.64. The minimum atomic E-state index is -2.01. The van der Waals surface area contributed by atoms with Crippen molar-refractivity contribution >= 4 is 31.8 Å². The van der Waals surface area contributed by atoms with Crippen LogP contribution in [0.3, 0.4) is 0 Å². The minimum Gasteiger partial charge on any atom is -0.447 e. The first-order valence-electron chi connectivity index (χ1n) is 10.5. The molecule has 3 atom stereocenters. The van der Waals surface area contributed by atoms with E-state index >= 15 is 0 Å². The standard InChI is InChI=1S/C22H32N2O5Si/c1-14(29-30(5,6)22(2,3)4)19-17(23-20(19)26)13-18(25)15-7-9-16(10-8-15)24-11-12-28-21(24)27/h7-10,14,17,19H,11-13H2,1-6H3,(H,23,26)/t14-,17+,19+/m0/s1. The molecule has 2 amide bonds. The Kier molecular flexibility index (Phi) is 6.11. The summed E-state index contributed by atoms with van der Waals surface area (Å²) in [6, 6.07) is 6.71. The van der Waals surface area contributed by atoms with Crippen LogP contribution in [0, 0.1) is 5.92 Å². The molecule has 0 unspecified atom stereocenters. The lowest BCUT2D eigenvalue weighted by molar-refractivity contribution is -0.139. The number of Topliss-reactive ketones (excluding diaryl/α,β-unsaturated/α-hetero) is 1. The summed E-state index contributed by atoms with van der Waals surface area (Å²) in [4.78, 5) is 38.2. The number of hydrogen-bond acceptors (Lipinski definition) is 5. The van der Waals surface area contributed by atoms with Crippen LogP contribution in [0.25, 0.3) is 0 Å². The van der Waals surface area contributed by atoms with Gasteiger partial charge in [0.15, 0.2) is 14.1 Å². The number of anilines is 1. The summed E-state index contributed by atoms with van der Waals surface area (Å²) >= 11 is 0. The average molecular weight is 433 g/mol. The molecule has 2 heterocycles. The quantitative estimate of drug-likeness (QED) is 0.403. The highest BCUT2D eigenvalue weighted by Crippen LogP contribution is 2.39. The molecule has 2 saturated heterocycles. The van der Waals surface area contributed by atoms with E-state index in [2.05, 4.69) is 39.2 Å². The first-order valence-corrected chi connectivity index (χ1v) is 13.4. The first kappa shape index (κ1) is 22.5. The van der Waals surface area contributed by atoms with Gasteiger partial charge in [-0.2, -0.15) is 0 Å². The average Bonchev–Trinajstić information content (AvgIpc) is 3.05. The fourth-order valence-corrected chi connectivity index (χ4v) is 5.09. The zero-order valence-corrected chi connectivity index (χ0v) is 19.7. The molecule has 0 radical (unpaired) electrons. The van der Waals surface area contributed by atoms with E-state index < -0.39 is 8.32 Å². The molecule has 0 bridgehead atoms. The third-order valence-electron chi connectivity index (χ3n) is 6.52. The van der Waals surface area contributed by atoms with Crippen LogP contribution in [0.1, 0.15) is 44.5 Å². The van der Waals surface area contributed by atoms with Gasteiger partial charge in [0.25, 0.3) is 0 Å². The van der Waals surface area contributed by atoms with Gasteiger partial charge >= 0.3 is 6.09 Å². The maximum atomic E-state index is 12.8. The van der Waals surface area contributed by atoms with E-state index in [1.165, 1.54) is 4.90 Å². The minimum absolute atomic E-state index is 0.0416. The molecular formula is C22H32N2O5Si. The van der Waals surface area contributed by atoms with Crippen molar-refractivity contribution in [2.45, 2.75) is 64.4 Å². The molecule has 2 fully saturated rings. The maximum absolute atomic E-state index is 12.8. The Morgan fingerprint density at radius 3 is 2.40 bits per heavy atom. The van der Waals surface area contributed by atoms with Gasteiger partial charge in [0.05, 0.1) is 24.6 Å². The Balaban J connectivity index is 1.62. The van der Waals surface area contributed by atoms with E-state index in [9.17, 15) is 14.4 Å². The SMILES string of the molecule is C[C@H](O[Si](C)(C)C(C)(C)C)[C@H]1C(=O)N[C@@H]1CC(=O)c1ccc(N2CCOC2=O)cc1. The summed E-state index contributed by atoms with van der Waals surface area (Å²) in [6.45, 7) is 13.6. The van der Waals surface area contributed by atoms with Crippen LogP contribution in [0.5, 0.6) is 0 Å². The zero-order chi connectivity index (χ0) is 22.3. The maximum Gasteiger partial charge on any atom is 0.414 e. The fourth-order valence-electron chi connectivity index (χ4n) is 3.66. The van der Waals surface area contributed by atoms with E-state index in [1.54, 1.807) is 24.3 Å². The van der Waals surface area contributed by atoms with Gasteiger partial charge in [0.2, 0.25) is 5.91 Å². The number of benzene rings is 1. The van der Waals surface area contributed by atoms with Gasteiger partial charge in [-0.15, -0.1) is 0 Å². The number of carbonyl (C=O) groups excluding carboxylic acids is 3. The van der Waals surface area contributed by atoms with E-state index in [0.29, 0.717) is 24.4 Å². The van der Waals surface area contributed by atoms with E-state index in [-0.39, 0.29) is 47.3 Å². The molecule has 1 aromatic rings. The summed E-state index contributed by atoms with van der Waals surface area (Å²) in [5, 5.41) is 2.92. The molecule has 164 valence electrons. The highest BCUT2D eigenvalue weighted by molar-refractivity contribution is 6.74. The second-order valence-electron chi connectivity index (χ2n) is 9.66. The molecule has 1 aromatic carbocycles. The number of rotatable bonds is 7. The number of hydrogen-bond donors (Lipinski definition) is 1. The van der Waals surface area contributed by atoms with E-state index in [0.717, 1.165) is 0 Å². The Morgan fingerprint density at radius 1 is 1.27 bits per heavy atom. The van der Waals surface area contributed by atoms with Crippen molar-refractivity contribution in [2.24, 2.45) is 5.92 Å². The van der Waals surface area contributed by atoms with Crippen LogP contribution in [0.2, 0.25) is 18.1 Å². The summed E-state index contributed by atoms with van der Waals surface area (Å²) in [5.41, 5.74) is 1.27. The zero-order valence-electron chi connectivity index (χ0n) is 18.7. The van der Waals surface area contributed by atoms with Crippen LogP contribution >= 0.6 is 0 Å². The van der Waals surface area contributed by atoms with Crippen LogP contribution in [-0.2, 0) is 14.0 Å². The summed E-state index contributed by atoms with van der Waals surface area (Å²) < 4.78 is 11.3. The van der Waals surface area contributed by atoms with Gasteiger partial charge in [-0.05, 0) is 49.3 Å². The molecule has 1 N–H and O–H groups in total. The molecule has 3 rings (SSSR count). The number of ether oxygens (including phenoxy) is 1. The number of ketones is 1. The van der Waals surface area contributed by atoms with Crippen molar-refractivity contribution in [3.63, 3.8) is 0 Å². The van der Waals surface area contributed by atoms with Crippen molar-refractivity contribution in [3.05, 3.63) is 29.8 Å². The Labute approximate surface area is 179 Å². The highest BCUT2D eigenvalue weighted by atomic mass is 28.4. The highest BCUT2D eigenvalue weighted by Gasteiger charge is 2.47. The molecule has 0 spiro atoms. The van der Waals surface area contributed by atoms with Gasteiger partial charge in [-0.1, -0.05) is 20.8 Å². The second-order valence-corrected chi connectivity index (χ2v) is 14.4. The molecule has 0 aliphatic carbocycles. The number of carbonyl (C=O) groups is 3. The largest absolute Gasteiger partial charge is 0.447 e. The molecule has 2 aliphatic heterocycles. The fraction of sp³-hybridized carbons (Fsp3) is 0.591. The number of cyclic esters (lactones) is 1. The van der Waals surface area contributed by atoms with Crippen molar-refractivity contribution in [1.82, 2.24) is 5.32 Å². The van der Waals surface area contributed by atoms with Gasteiger partial charge in [-0.25, -0.2) is 4.79 Å². The second kappa shape index (κ2) is 8.15. The molecule has 0 aromatic heterocycles. The first-order chi connectivity index (χ1) is 13.9. The lowest BCUT2D eigenvalue weighted by atomic mass is 9.82. The van der Waals surface area contributed by atoms with Gasteiger partial charge in [0, 0.05) is 17.7 Å². The predicted octanol–water partition coefficient (Wildman–Crippen LogP) is 3.74. The topological polar surface area (TPSA) is 84.9 Å². The third-order valence-corrected chi connectivity index (χ3v) is 11.1. The van der Waals surface area contributed by atoms with Crippen LogP contribution < -0.4 is 10.2 Å². The summed E-state index contributed by atoms with van der Waals surface area (Å²) in [7, 11) is -2.01. The normalized spacial score (nSPS) is 22.9. The number of nitrogens with zero attached hydrogens (tertiary/aromatic N) is 1. The number of nitrogens with one attached hydrogen (secondary N) is 1. The third kappa shape index (κ3) is 4.44. The molecule has 2 aliphatic rings. The van der Waals surface area contributed by atoms with E-state index in [1.807, 2.05) is 6.92 Å². The monoisotopic (exact) mass is 432 g/mol. The molecule has 8 heteroatoms. The van der Waals surface area contributed by atoms with Crippen molar-refractivity contribution < 1.29 is 23.5 Å². The predicted molar refractivity (Wildman–Crippen MR) is 117 cm³/mol. The smallest absolute Gasteiger partial charge is 0.414 e. The summed E-state index contributed by atoms with van der Waals surface area (Å²) in [6.07, 6.45) is -0.377. The Morgan fingerprint density at radius 2 is 1.90 bits per heavy atom. The van der Waals surface area contributed by atoms with Crippen LogP contribution in [-0.4, -0.2) is 51.4 Å². The summed E-state index contributed by atoms with van der Waals surface area (Å²) in [5.74, 6) is -0.413. The Bertz CT molecular complexity index is 831. The van der Waals surface area contributed by atoms with Crippen molar-refractivity contribution in [1.29, 1.82) is 0 Å². The van der Waals surface area contributed by atoms with Crippen LogP contribution in [0.4, 0.5) is 10.5 Å². The molecule has 7 nitrogen and oxygen atoms in total. The molecular weight excluding hydrogens is 400 g/mol. The van der Waals surface area contributed by atoms with Crippen molar-refractivity contribution in [2.75, 3.05) is 18.1 Å². The number of β-lactam (4-membered cyclic amide) rings is 1. The van der Waals surface area contributed by atoms with Gasteiger partial charge in [-0.3, -0.25) is 14.5 Å².